The van der Waals surface area contributed by atoms with Gasteiger partial charge in [0.05, 0.1) is 17.0 Å². The van der Waals surface area contributed by atoms with Crippen molar-refractivity contribution < 1.29 is 18.7 Å². The number of ether oxygens (including phenoxy) is 1. The number of benzene rings is 1. The van der Waals surface area contributed by atoms with Crippen molar-refractivity contribution in [1.29, 1.82) is 0 Å². The molecule has 2 rings (SSSR count). The summed E-state index contributed by atoms with van der Waals surface area (Å²) < 4.78 is 18.4. The van der Waals surface area contributed by atoms with E-state index in [1.54, 1.807) is 0 Å². The van der Waals surface area contributed by atoms with Crippen LogP contribution >= 0.6 is 35.6 Å². The Hall–Kier alpha value is -1.44. The lowest BCUT2D eigenvalue weighted by Gasteiger charge is -2.11. The van der Waals surface area contributed by atoms with E-state index in [9.17, 15) is 14.0 Å². The summed E-state index contributed by atoms with van der Waals surface area (Å²) in [5, 5.41) is 0.188. The van der Waals surface area contributed by atoms with Crippen LogP contribution in [0.4, 0.5) is 4.39 Å². The van der Waals surface area contributed by atoms with Crippen LogP contribution in [0.25, 0.3) is 6.08 Å². The summed E-state index contributed by atoms with van der Waals surface area (Å²) in [4.78, 5) is 24.7. The van der Waals surface area contributed by atoms with Crippen LogP contribution in [-0.2, 0) is 14.3 Å². The van der Waals surface area contributed by atoms with Crippen LogP contribution in [0.15, 0.2) is 23.1 Å². The molecule has 0 unspecified atom stereocenters. The van der Waals surface area contributed by atoms with Crippen LogP contribution in [0.1, 0.15) is 5.56 Å². The minimum Gasteiger partial charge on any atom is -0.468 e. The zero-order valence-electron chi connectivity index (χ0n) is 10.8. The molecule has 21 heavy (non-hydrogen) atoms. The van der Waals surface area contributed by atoms with E-state index in [0.717, 1.165) is 16.7 Å². The van der Waals surface area contributed by atoms with Crippen molar-refractivity contribution in [3.8, 4) is 0 Å². The number of hydrogen-bond acceptors (Lipinski definition) is 5. The molecule has 8 heteroatoms. The number of methoxy groups -OCH3 is 1. The molecule has 1 amide bonds. The molecule has 1 heterocycles. The smallest absolute Gasteiger partial charge is 0.325 e. The second-order valence-corrected chi connectivity index (χ2v) is 6.06. The van der Waals surface area contributed by atoms with Crippen LogP contribution < -0.4 is 0 Å². The third-order valence-electron chi connectivity index (χ3n) is 2.66. The third-order valence-corrected chi connectivity index (χ3v) is 4.37. The maximum atomic E-state index is 13.7. The highest BCUT2D eigenvalue weighted by molar-refractivity contribution is 8.26. The van der Waals surface area contributed by atoms with Gasteiger partial charge in [-0.15, -0.1) is 0 Å². The number of amides is 1. The number of carbonyl (C=O) groups excluding carboxylic acids is 2. The standard InChI is InChI=1S/C13H9ClFNO3S2/c1-19-11(17)6-16-12(18)10(21-13(16)20)5-7-8(14)3-2-4-9(7)15/h2-5H,6H2,1H3/b10-5+. The Balaban J connectivity index is 2.30. The van der Waals surface area contributed by atoms with Crippen LogP contribution in [0.2, 0.25) is 5.02 Å². The Kier molecular flexibility index (Phi) is 4.97. The maximum absolute atomic E-state index is 13.7. The highest BCUT2D eigenvalue weighted by atomic mass is 35.5. The van der Waals surface area contributed by atoms with E-state index in [1.807, 2.05) is 0 Å². The zero-order valence-corrected chi connectivity index (χ0v) is 13.1. The fourth-order valence-corrected chi connectivity index (χ4v) is 3.06. The first-order chi connectivity index (χ1) is 9.93. The summed E-state index contributed by atoms with van der Waals surface area (Å²) in [6, 6.07) is 4.23. The molecule has 1 aromatic rings. The van der Waals surface area contributed by atoms with E-state index in [4.69, 9.17) is 23.8 Å². The summed E-state index contributed by atoms with van der Waals surface area (Å²) in [6.07, 6.45) is 1.33. The number of carbonyl (C=O) groups is 2. The minimum absolute atomic E-state index is 0.109. The predicted molar refractivity (Wildman–Crippen MR) is 83.3 cm³/mol. The number of thioether (sulfide) groups is 1. The quantitative estimate of drug-likeness (QED) is 0.479. The van der Waals surface area contributed by atoms with Gasteiger partial charge in [0.2, 0.25) is 0 Å². The van der Waals surface area contributed by atoms with Gasteiger partial charge in [-0.1, -0.05) is 41.6 Å². The number of halogens is 2. The lowest BCUT2D eigenvalue weighted by Crippen LogP contribution is -2.33. The molecular formula is C13H9ClFNO3S2. The van der Waals surface area contributed by atoms with Crippen molar-refractivity contribution in [2.75, 3.05) is 13.7 Å². The molecule has 0 N–H and O–H groups in total. The molecular weight excluding hydrogens is 337 g/mol. The molecule has 0 spiro atoms. The monoisotopic (exact) mass is 345 g/mol. The summed E-state index contributed by atoms with van der Waals surface area (Å²) in [5.74, 6) is -1.60. The molecule has 0 radical (unpaired) electrons. The van der Waals surface area contributed by atoms with Gasteiger partial charge in [0, 0.05) is 5.56 Å². The largest absolute Gasteiger partial charge is 0.468 e. The minimum atomic E-state index is -0.587. The lowest BCUT2D eigenvalue weighted by atomic mass is 10.2. The fourth-order valence-electron chi connectivity index (χ4n) is 1.61. The summed E-state index contributed by atoms with van der Waals surface area (Å²) in [7, 11) is 1.22. The molecule has 1 aliphatic heterocycles. The molecule has 1 aromatic carbocycles. The average molecular weight is 346 g/mol. The molecule has 4 nitrogen and oxygen atoms in total. The van der Waals surface area contributed by atoms with Crippen molar-refractivity contribution >= 4 is 57.9 Å². The topological polar surface area (TPSA) is 46.6 Å². The van der Waals surface area contributed by atoms with Crippen molar-refractivity contribution in [2.45, 2.75) is 0 Å². The van der Waals surface area contributed by atoms with Gasteiger partial charge in [-0.05, 0) is 18.2 Å². The summed E-state index contributed by atoms with van der Waals surface area (Å²) >= 11 is 11.9. The first-order valence-electron chi connectivity index (χ1n) is 5.70. The van der Waals surface area contributed by atoms with Gasteiger partial charge >= 0.3 is 5.97 Å². The predicted octanol–water partition coefficient (Wildman–Crippen LogP) is 2.85. The van der Waals surface area contributed by atoms with Gasteiger partial charge in [-0.2, -0.15) is 0 Å². The third kappa shape index (κ3) is 3.42. The van der Waals surface area contributed by atoms with Crippen LogP contribution in [0, 0.1) is 5.82 Å². The van der Waals surface area contributed by atoms with Crippen LogP contribution in [-0.4, -0.2) is 34.8 Å². The molecule has 0 aromatic heterocycles. The Bertz CT molecular complexity index is 643. The van der Waals surface area contributed by atoms with E-state index in [-0.39, 0.29) is 26.4 Å². The molecule has 110 valence electrons. The van der Waals surface area contributed by atoms with E-state index in [1.165, 1.54) is 31.4 Å². The summed E-state index contributed by atoms with van der Waals surface area (Å²) in [6.45, 7) is -0.274. The van der Waals surface area contributed by atoms with Crippen molar-refractivity contribution in [3.05, 3.63) is 39.5 Å². The number of thiocarbonyl (C=S) groups is 1. The Morgan fingerprint density at radius 2 is 2.29 bits per heavy atom. The second-order valence-electron chi connectivity index (χ2n) is 3.98. The molecule has 1 saturated heterocycles. The Labute approximate surface area is 134 Å². The van der Waals surface area contributed by atoms with E-state index < -0.39 is 17.7 Å². The number of nitrogens with zero attached hydrogens (tertiary/aromatic N) is 1. The second kappa shape index (κ2) is 6.55. The number of esters is 1. The van der Waals surface area contributed by atoms with E-state index in [0.29, 0.717) is 0 Å². The van der Waals surface area contributed by atoms with Gasteiger partial charge in [-0.3, -0.25) is 14.5 Å². The molecule has 0 aliphatic carbocycles. The van der Waals surface area contributed by atoms with E-state index >= 15 is 0 Å². The van der Waals surface area contributed by atoms with Gasteiger partial charge in [0.15, 0.2) is 0 Å². The molecule has 1 fully saturated rings. The summed E-state index contributed by atoms with van der Waals surface area (Å²) in [5.41, 5.74) is 0.109. The first kappa shape index (κ1) is 15.9. The highest BCUT2D eigenvalue weighted by Crippen LogP contribution is 2.34. The van der Waals surface area contributed by atoms with Gasteiger partial charge < -0.3 is 4.74 Å². The molecule has 0 saturated carbocycles. The lowest BCUT2D eigenvalue weighted by molar-refractivity contribution is -0.143. The van der Waals surface area contributed by atoms with Crippen molar-refractivity contribution in [3.63, 3.8) is 0 Å². The van der Waals surface area contributed by atoms with Crippen LogP contribution in [0.3, 0.4) is 0 Å². The SMILES string of the molecule is COC(=O)CN1C(=O)/C(=C\c2c(F)cccc2Cl)SC1=S. The number of rotatable bonds is 3. The van der Waals surface area contributed by atoms with Gasteiger partial charge in [0.1, 0.15) is 16.7 Å². The average Bonchev–Trinajstić information content (AvgIpc) is 2.70. The zero-order chi connectivity index (χ0) is 15.6. The molecule has 1 aliphatic rings. The number of hydrogen-bond donors (Lipinski definition) is 0. The normalized spacial score (nSPS) is 16.7. The first-order valence-corrected chi connectivity index (χ1v) is 7.30. The van der Waals surface area contributed by atoms with Crippen LogP contribution in [0.5, 0.6) is 0 Å². The molecule has 0 bridgehead atoms. The maximum Gasteiger partial charge on any atom is 0.325 e. The van der Waals surface area contributed by atoms with Gasteiger partial charge in [-0.25, -0.2) is 4.39 Å². The highest BCUT2D eigenvalue weighted by Gasteiger charge is 2.33. The van der Waals surface area contributed by atoms with Crippen molar-refractivity contribution in [1.82, 2.24) is 4.90 Å². The Morgan fingerprint density at radius 1 is 1.57 bits per heavy atom. The van der Waals surface area contributed by atoms with E-state index in [2.05, 4.69) is 4.74 Å². The fraction of sp³-hybridized carbons (Fsp3) is 0.154. The molecule has 0 atom stereocenters. The van der Waals surface area contributed by atoms with Crippen molar-refractivity contribution in [2.24, 2.45) is 0 Å². The Morgan fingerprint density at radius 3 is 2.90 bits per heavy atom. The van der Waals surface area contributed by atoms with Gasteiger partial charge in [0.25, 0.3) is 5.91 Å².